The number of nitrogens with one attached hydrogen (secondary N) is 1. The molecule has 1 aliphatic heterocycles. The van der Waals surface area contributed by atoms with Gasteiger partial charge in [-0.1, -0.05) is 6.07 Å². The van der Waals surface area contributed by atoms with Crippen molar-refractivity contribution >= 4 is 17.3 Å². The van der Waals surface area contributed by atoms with Crippen molar-refractivity contribution in [3.8, 4) is 0 Å². The Labute approximate surface area is 103 Å². The number of nitro benzene ring substituents is 1. The van der Waals surface area contributed by atoms with Crippen LogP contribution in [0.3, 0.4) is 0 Å². The Morgan fingerprint density at radius 1 is 1.50 bits per heavy atom. The van der Waals surface area contributed by atoms with E-state index in [-0.39, 0.29) is 11.8 Å². The lowest BCUT2D eigenvalue weighted by molar-refractivity contribution is -0.384. The number of non-ortho nitro benzene ring substituents is 1. The van der Waals surface area contributed by atoms with Gasteiger partial charge in [0.05, 0.1) is 4.92 Å². The Bertz CT molecular complexity index is 525. The number of hydrogen-bond donors (Lipinski definition) is 1. The molecule has 0 aromatic heterocycles. The molecule has 2 rings (SSSR count). The molecule has 0 bridgehead atoms. The quantitative estimate of drug-likeness (QED) is 0.504. The summed E-state index contributed by atoms with van der Waals surface area (Å²) in [6.45, 7) is 1.79. The van der Waals surface area contributed by atoms with E-state index in [0.29, 0.717) is 17.8 Å². The molecule has 1 heterocycles. The highest BCUT2D eigenvalue weighted by molar-refractivity contribution is 5.84. The molecule has 0 aliphatic carbocycles. The van der Waals surface area contributed by atoms with Gasteiger partial charge in [0, 0.05) is 36.0 Å². The summed E-state index contributed by atoms with van der Waals surface area (Å²) in [5.74, 6) is -0.401. The van der Waals surface area contributed by atoms with Crippen LogP contribution in [0.25, 0.3) is 0 Å². The molecule has 0 amide bonds. The van der Waals surface area contributed by atoms with Crippen LogP contribution >= 0.6 is 0 Å². The molecule has 1 unspecified atom stereocenters. The second kappa shape index (κ2) is 4.87. The highest BCUT2D eigenvalue weighted by atomic mass is 16.6. The molecule has 0 saturated carbocycles. The van der Waals surface area contributed by atoms with Crippen molar-refractivity contribution in [2.45, 2.75) is 19.4 Å². The van der Waals surface area contributed by atoms with Gasteiger partial charge in [0.1, 0.15) is 6.10 Å². The van der Waals surface area contributed by atoms with Crippen molar-refractivity contribution in [1.82, 2.24) is 0 Å². The van der Waals surface area contributed by atoms with Crippen molar-refractivity contribution in [2.24, 2.45) is 0 Å². The van der Waals surface area contributed by atoms with Crippen LogP contribution in [0.1, 0.15) is 13.3 Å². The normalized spacial score (nSPS) is 18.8. The Morgan fingerprint density at radius 3 is 2.94 bits per heavy atom. The van der Waals surface area contributed by atoms with E-state index in [9.17, 15) is 14.9 Å². The van der Waals surface area contributed by atoms with E-state index in [1.807, 2.05) is 0 Å². The number of nitro groups is 1. The first-order valence-electron chi connectivity index (χ1n) is 5.47. The van der Waals surface area contributed by atoms with Crippen LogP contribution in [0.15, 0.2) is 36.0 Å². The highest BCUT2D eigenvalue weighted by Gasteiger charge is 2.18. The van der Waals surface area contributed by atoms with E-state index in [1.54, 1.807) is 19.1 Å². The van der Waals surface area contributed by atoms with Crippen LogP contribution in [0, 0.1) is 10.1 Å². The first kappa shape index (κ1) is 12.1. The Morgan fingerprint density at radius 2 is 2.28 bits per heavy atom. The third kappa shape index (κ3) is 2.85. The molecule has 0 radical (unpaired) electrons. The fourth-order valence-electron chi connectivity index (χ4n) is 1.75. The molecule has 1 aromatic rings. The molecule has 1 aromatic carbocycles. The maximum absolute atomic E-state index is 11.2. The van der Waals surface area contributed by atoms with Gasteiger partial charge in [-0.25, -0.2) is 4.79 Å². The zero-order chi connectivity index (χ0) is 13.1. The van der Waals surface area contributed by atoms with E-state index in [2.05, 4.69) is 5.32 Å². The van der Waals surface area contributed by atoms with Crippen molar-refractivity contribution in [1.29, 1.82) is 0 Å². The minimum Gasteiger partial charge on any atom is -0.459 e. The second-order valence-electron chi connectivity index (χ2n) is 4.05. The first-order chi connectivity index (χ1) is 8.54. The number of benzene rings is 1. The zero-order valence-corrected chi connectivity index (χ0v) is 9.75. The number of anilines is 1. The maximum atomic E-state index is 11.2. The summed E-state index contributed by atoms with van der Waals surface area (Å²) in [7, 11) is 0. The summed E-state index contributed by atoms with van der Waals surface area (Å²) in [5.41, 5.74) is 1.28. The third-order valence-corrected chi connectivity index (χ3v) is 2.48. The molecule has 18 heavy (non-hydrogen) atoms. The number of carbonyl (C=O) groups excluding carboxylic acids is 1. The fourth-order valence-corrected chi connectivity index (χ4v) is 1.75. The van der Waals surface area contributed by atoms with Gasteiger partial charge >= 0.3 is 5.97 Å². The third-order valence-electron chi connectivity index (χ3n) is 2.48. The molecule has 1 aliphatic rings. The molecule has 0 saturated heterocycles. The number of rotatable bonds is 3. The van der Waals surface area contributed by atoms with Gasteiger partial charge in [-0.05, 0) is 13.0 Å². The lowest BCUT2D eigenvalue weighted by atomic mass is 10.1. The summed E-state index contributed by atoms with van der Waals surface area (Å²) < 4.78 is 4.95. The Kier molecular flexibility index (Phi) is 3.27. The summed E-state index contributed by atoms with van der Waals surface area (Å²) in [6, 6.07) is 6.13. The maximum Gasteiger partial charge on any atom is 0.332 e. The number of esters is 1. The van der Waals surface area contributed by atoms with Crippen molar-refractivity contribution < 1.29 is 14.5 Å². The smallest absolute Gasteiger partial charge is 0.332 e. The minimum absolute atomic E-state index is 0.00651. The Balaban J connectivity index is 2.16. The lowest BCUT2D eigenvalue weighted by Crippen LogP contribution is -2.22. The Hall–Kier alpha value is -2.37. The fraction of sp³-hybridized carbons (Fsp3) is 0.250. The lowest BCUT2D eigenvalue weighted by Gasteiger charge is -2.20. The van der Waals surface area contributed by atoms with E-state index in [4.69, 9.17) is 4.74 Å². The largest absolute Gasteiger partial charge is 0.459 e. The van der Waals surface area contributed by atoms with Crippen LogP contribution in [-0.4, -0.2) is 17.0 Å². The SMILES string of the molecule is CC1CC(Nc2cccc([N+](=O)[O-])c2)=CC(=O)O1. The predicted molar refractivity (Wildman–Crippen MR) is 65.0 cm³/mol. The molecular formula is C12H12N2O4. The number of hydrogen-bond acceptors (Lipinski definition) is 5. The highest BCUT2D eigenvalue weighted by Crippen LogP contribution is 2.22. The number of carbonyl (C=O) groups is 1. The molecule has 6 nitrogen and oxygen atoms in total. The van der Waals surface area contributed by atoms with Gasteiger partial charge in [-0.3, -0.25) is 10.1 Å². The number of nitrogens with zero attached hydrogens (tertiary/aromatic N) is 1. The van der Waals surface area contributed by atoms with Crippen LogP contribution in [0.5, 0.6) is 0 Å². The van der Waals surface area contributed by atoms with E-state index < -0.39 is 10.9 Å². The second-order valence-corrected chi connectivity index (χ2v) is 4.05. The monoisotopic (exact) mass is 248 g/mol. The zero-order valence-electron chi connectivity index (χ0n) is 9.75. The van der Waals surface area contributed by atoms with Gasteiger partial charge in [0.2, 0.25) is 0 Å². The van der Waals surface area contributed by atoms with Gasteiger partial charge in [-0.15, -0.1) is 0 Å². The van der Waals surface area contributed by atoms with Gasteiger partial charge in [0.15, 0.2) is 0 Å². The summed E-state index contributed by atoms with van der Waals surface area (Å²) in [4.78, 5) is 21.4. The van der Waals surface area contributed by atoms with E-state index in [0.717, 1.165) is 0 Å². The summed E-state index contributed by atoms with van der Waals surface area (Å²) >= 11 is 0. The predicted octanol–water partition coefficient (Wildman–Crippen LogP) is 2.23. The van der Waals surface area contributed by atoms with Crippen LogP contribution < -0.4 is 5.32 Å². The molecule has 1 N–H and O–H groups in total. The van der Waals surface area contributed by atoms with Crippen LogP contribution in [0.2, 0.25) is 0 Å². The number of ether oxygens (including phenoxy) is 1. The van der Waals surface area contributed by atoms with Crippen molar-refractivity contribution in [3.05, 3.63) is 46.2 Å². The summed E-state index contributed by atoms with van der Waals surface area (Å²) in [5, 5.41) is 13.6. The van der Waals surface area contributed by atoms with Crippen LogP contribution in [0.4, 0.5) is 11.4 Å². The van der Waals surface area contributed by atoms with Gasteiger partial charge < -0.3 is 10.1 Å². The molecular weight excluding hydrogens is 236 g/mol. The van der Waals surface area contributed by atoms with Gasteiger partial charge in [0.25, 0.3) is 5.69 Å². The first-order valence-corrected chi connectivity index (χ1v) is 5.47. The molecule has 6 heteroatoms. The molecule has 0 spiro atoms. The number of cyclic esters (lactones) is 1. The van der Waals surface area contributed by atoms with E-state index in [1.165, 1.54) is 18.2 Å². The van der Waals surface area contributed by atoms with E-state index >= 15 is 0 Å². The average molecular weight is 248 g/mol. The van der Waals surface area contributed by atoms with Crippen molar-refractivity contribution in [2.75, 3.05) is 5.32 Å². The average Bonchev–Trinajstić information content (AvgIpc) is 2.27. The molecule has 94 valence electrons. The van der Waals surface area contributed by atoms with Crippen molar-refractivity contribution in [3.63, 3.8) is 0 Å². The standard InChI is InChI=1S/C12H12N2O4/c1-8-5-10(7-12(15)18-8)13-9-3-2-4-11(6-9)14(16)17/h2-4,6-8,13H,5H2,1H3. The van der Waals surface area contributed by atoms with Gasteiger partial charge in [-0.2, -0.15) is 0 Å². The summed E-state index contributed by atoms with van der Waals surface area (Å²) in [6.07, 6.45) is 1.73. The molecule has 1 atom stereocenters. The topological polar surface area (TPSA) is 81.5 Å². The minimum atomic E-state index is -0.461. The molecule has 0 fully saturated rings. The van der Waals surface area contributed by atoms with Crippen LogP contribution in [-0.2, 0) is 9.53 Å².